The van der Waals surface area contributed by atoms with Gasteiger partial charge >= 0.3 is 0 Å². The minimum atomic E-state index is -0.286. The molecule has 1 rings (SSSR count). The second-order valence-corrected chi connectivity index (χ2v) is 2.94. The van der Waals surface area contributed by atoms with E-state index in [9.17, 15) is 9.59 Å². The van der Waals surface area contributed by atoms with Crippen molar-refractivity contribution in [3.05, 3.63) is 24.3 Å². The summed E-state index contributed by atoms with van der Waals surface area (Å²) in [4.78, 5) is 29.5. The molecular weight excluding hydrogens is 208 g/mol. The van der Waals surface area contributed by atoms with Crippen LogP contribution in [0.4, 0.5) is 0 Å². The summed E-state index contributed by atoms with van der Waals surface area (Å²) in [5, 5.41) is 0. The Morgan fingerprint density at radius 1 is 1.25 bits per heavy atom. The minimum Gasteiger partial charge on any atom is -0.368 e. The molecular formula is C11H12N2O3. The molecule has 0 saturated heterocycles. The molecule has 5 nitrogen and oxygen atoms in total. The van der Waals surface area contributed by atoms with Crippen LogP contribution in [-0.4, -0.2) is 37.5 Å². The fraction of sp³-hybridized carbons (Fsp3) is 0.273. The first-order valence-electron chi connectivity index (χ1n) is 4.80. The maximum absolute atomic E-state index is 11.1. The van der Waals surface area contributed by atoms with E-state index in [0.717, 1.165) is 0 Å². The van der Waals surface area contributed by atoms with Crippen LogP contribution in [0.25, 0.3) is 0 Å². The van der Waals surface area contributed by atoms with Gasteiger partial charge in [-0.2, -0.15) is 0 Å². The number of nitrogens with zero attached hydrogens (tertiary/aromatic N) is 2. The quantitative estimate of drug-likeness (QED) is 0.603. The number of rotatable bonds is 0. The van der Waals surface area contributed by atoms with Gasteiger partial charge in [0.05, 0.1) is 6.61 Å². The molecule has 5 heteroatoms. The van der Waals surface area contributed by atoms with Gasteiger partial charge in [0.25, 0.3) is 5.91 Å². The molecule has 1 aliphatic heterocycles. The Balaban J connectivity index is 2.61. The smallest absolute Gasteiger partial charge is 0.250 e. The van der Waals surface area contributed by atoms with E-state index in [1.54, 1.807) is 18.2 Å². The predicted molar refractivity (Wildman–Crippen MR) is 60.7 cm³/mol. The van der Waals surface area contributed by atoms with E-state index in [1.807, 2.05) is 0 Å². The number of allylic oxidation sites excluding steroid dienone is 2. The lowest BCUT2D eigenvalue weighted by Crippen LogP contribution is -2.07. The van der Waals surface area contributed by atoms with E-state index in [2.05, 4.69) is 9.98 Å². The van der Waals surface area contributed by atoms with E-state index in [0.29, 0.717) is 0 Å². The van der Waals surface area contributed by atoms with Crippen LogP contribution < -0.4 is 0 Å². The summed E-state index contributed by atoms with van der Waals surface area (Å²) in [6.45, 7) is 0.238. The number of aliphatic imine (C=N–C) groups is 2. The summed E-state index contributed by atoms with van der Waals surface area (Å²) in [5.74, 6) is -0.416. The highest BCUT2D eigenvalue weighted by Crippen LogP contribution is 1.90. The minimum absolute atomic E-state index is 0.0203. The van der Waals surface area contributed by atoms with Crippen molar-refractivity contribution in [2.45, 2.75) is 6.42 Å². The zero-order chi connectivity index (χ0) is 11.6. The van der Waals surface area contributed by atoms with Gasteiger partial charge in [-0.1, -0.05) is 18.2 Å². The zero-order valence-electron chi connectivity index (χ0n) is 8.70. The van der Waals surface area contributed by atoms with E-state index >= 15 is 0 Å². The molecule has 0 aromatic heterocycles. The van der Waals surface area contributed by atoms with Crippen LogP contribution in [0.3, 0.4) is 0 Å². The molecule has 0 spiro atoms. The largest absolute Gasteiger partial charge is 0.368 e. The monoisotopic (exact) mass is 220 g/mol. The molecule has 16 heavy (non-hydrogen) atoms. The normalized spacial score (nSPS) is 18.8. The van der Waals surface area contributed by atoms with Crippen molar-refractivity contribution >= 4 is 24.2 Å². The molecule has 0 aliphatic carbocycles. The second-order valence-electron chi connectivity index (χ2n) is 2.94. The third kappa shape index (κ3) is 5.77. The maximum atomic E-state index is 11.1. The summed E-state index contributed by atoms with van der Waals surface area (Å²) >= 11 is 0. The molecule has 0 fully saturated rings. The number of hydrogen-bond donors (Lipinski definition) is 0. The Hall–Kier alpha value is -1.88. The van der Waals surface area contributed by atoms with E-state index in [1.165, 1.54) is 18.6 Å². The van der Waals surface area contributed by atoms with Crippen LogP contribution in [0, 0.1) is 0 Å². The lowest BCUT2D eigenvalue weighted by atomic mass is 10.3. The molecule has 84 valence electrons. The van der Waals surface area contributed by atoms with E-state index in [-0.39, 0.29) is 31.3 Å². The first-order valence-corrected chi connectivity index (χ1v) is 4.80. The third-order valence-corrected chi connectivity index (χ3v) is 1.63. The lowest BCUT2D eigenvalue weighted by molar-refractivity contribution is -0.118. The van der Waals surface area contributed by atoms with Gasteiger partial charge in [0.15, 0.2) is 5.78 Å². The first kappa shape index (κ1) is 12.2. The SMILES string of the molecule is O=C1C=CC=CCC(=O)N=CN=CCOC1. The summed E-state index contributed by atoms with van der Waals surface area (Å²) in [6.07, 6.45) is 9.02. The van der Waals surface area contributed by atoms with Gasteiger partial charge in [-0.15, -0.1) is 0 Å². The fourth-order valence-corrected chi connectivity index (χ4v) is 0.911. The van der Waals surface area contributed by atoms with Crippen LogP contribution in [-0.2, 0) is 14.3 Å². The molecule has 0 unspecified atom stereocenters. The van der Waals surface area contributed by atoms with Gasteiger partial charge in [0.2, 0.25) is 0 Å². The van der Waals surface area contributed by atoms with Crippen LogP contribution in [0.2, 0.25) is 0 Å². The molecule has 0 N–H and O–H groups in total. The topological polar surface area (TPSA) is 68.1 Å². The molecule has 0 atom stereocenters. The number of amides is 1. The molecule has 1 amide bonds. The second kappa shape index (κ2) is 7.42. The fourth-order valence-electron chi connectivity index (χ4n) is 0.911. The Labute approximate surface area is 93.2 Å². The summed E-state index contributed by atoms with van der Waals surface area (Å²) in [6, 6.07) is 0. The molecule has 0 aromatic carbocycles. The average Bonchev–Trinajstić information content (AvgIpc) is 2.26. The molecule has 0 radical (unpaired) electrons. The van der Waals surface area contributed by atoms with Gasteiger partial charge in [-0.3, -0.25) is 9.59 Å². The van der Waals surface area contributed by atoms with Gasteiger partial charge in [0.1, 0.15) is 12.9 Å². The molecule has 1 heterocycles. The van der Waals surface area contributed by atoms with E-state index < -0.39 is 0 Å². The number of carbonyl (C=O) groups excluding carboxylic acids is 2. The average molecular weight is 220 g/mol. The number of ketones is 1. The number of hydrogen-bond acceptors (Lipinski definition) is 4. The maximum Gasteiger partial charge on any atom is 0.250 e. The zero-order valence-corrected chi connectivity index (χ0v) is 8.70. The lowest BCUT2D eigenvalue weighted by Gasteiger charge is -1.95. The van der Waals surface area contributed by atoms with Crippen LogP contribution in [0.15, 0.2) is 34.3 Å². The van der Waals surface area contributed by atoms with Gasteiger partial charge in [-0.25, -0.2) is 9.98 Å². The van der Waals surface area contributed by atoms with Crippen molar-refractivity contribution in [1.82, 2.24) is 0 Å². The Morgan fingerprint density at radius 2 is 2.12 bits per heavy atom. The van der Waals surface area contributed by atoms with Crippen molar-refractivity contribution in [3.8, 4) is 0 Å². The van der Waals surface area contributed by atoms with Crippen LogP contribution in [0.1, 0.15) is 6.42 Å². The van der Waals surface area contributed by atoms with Crippen molar-refractivity contribution in [2.75, 3.05) is 13.2 Å². The van der Waals surface area contributed by atoms with Crippen molar-refractivity contribution in [2.24, 2.45) is 9.98 Å². The van der Waals surface area contributed by atoms with Crippen molar-refractivity contribution in [1.29, 1.82) is 0 Å². The Kier molecular flexibility index (Phi) is 5.65. The predicted octanol–water partition coefficient (Wildman–Crippen LogP) is 0.714. The molecule has 0 bridgehead atoms. The number of carbonyl (C=O) groups is 2. The molecule has 1 aliphatic rings. The van der Waals surface area contributed by atoms with Crippen LogP contribution >= 0.6 is 0 Å². The van der Waals surface area contributed by atoms with Crippen molar-refractivity contribution in [3.63, 3.8) is 0 Å². The highest BCUT2D eigenvalue weighted by atomic mass is 16.5. The molecule has 0 aromatic rings. The third-order valence-electron chi connectivity index (χ3n) is 1.63. The summed E-state index contributed by atoms with van der Waals surface area (Å²) in [5.41, 5.74) is 0. The Morgan fingerprint density at radius 3 is 3.00 bits per heavy atom. The highest BCUT2D eigenvalue weighted by Gasteiger charge is 1.95. The van der Waals surface area contributed by atoms with Gasteiger partial charge in [0, 0.05) is 12.6 Å². The number of ether oxygens (including phenoxy) is 1. The first-order chi connectivity index (χ1) is 7.79. The van der Waals surface area contributed by atoms with E-state index in [4.69, 9.17) is 4.74 Å². The standard InChI is InChI=1S/C11H12N2O3/c14-10-4-2-1-3-5-11(15)13-9-12-6-7-16-8-10/h1-4,6,9H,5,7-8H2. The Bertz CT molecular complexity index is 367. The van der Waals surface area contributed by atoms with Gasteiger partial charge in [-0.05, 0) is 6.08 Å². The summed E-state index contributed by atoms with van der Waals surface area (Å²) in [7, 11) is 0. The van der Waals surface area contributed by atoms with Crippen LogP contribution in [0.5, 0.6) is 0 Å². The van der Waals surface area contributed by atoms with Crippen molar-refractivity contribution < 1.29 is 14.3 Å². The molecule has 0 saturated carbocycles. The highest BCUT2D eigenvalue weighted by molar-refractivity contribution is 5.91. The van der Waals surface area contributed by atoms with Gasteiger partial charge < -0.3 is 4.74 Å². The summed E-state index contributed by atoms with van der Waals surface area (Å²) < 4.78 is 5.00.